The van der Waals surface area contributed by atoms with Crippen LogP contribution in [0, 0.1) is 0 Å². The largest absolute Gasteiger partial charge is 0.419 e. The van der Waals surface area contributed by atoms with Crippen LogP contribution in [0.5, 0.6) is 0 Å². The number of hydrogen-bond donors (Lipinski definition) is 1. The monoisotopic (exact) mass is 287 g/mol. The van der Waals surface area contributed by atoms with Crippen molar-refractivity contribution >= 4 is 23.2 Å². The summed E-state index contributed by atoms with van der Waals surface area (Å²) in [7, 11) is 0. The molecule has 1 N–H and O–H groups in total. The second kappa shape index (κ2) is 5.61. The van der Waals surface area contributed by atoms with Gasteiger partial charge in [0.15, 0.2) is 0 Å². The second-order valence-electron chi connectivity index (χ2n) is 3.75. The SMILES string of the molecule is O=c1occ(CO)n1CCc1c(Cl)cccc1Cl. The summed E-state index contributed by atoms with van der Waals surface area (Å²) in [6, 6.07) is 5.25. The molecule has 0 bridgehead atoms. The highest BCUT2D eigenvalue weighted by Crippen LogP contribution is 2.25. The topological polar surface area (TPSA) is 55.4 Å². The molecule has 1 aromatic heterocycles. The number of benzene rings is 1. The molecule has 18 heavy (non-hydrogen) atoms. The van der Waals surface area contributed by atoms with Gasteiger partial charge in [0.05, 0.1) is 12.3 Å². The Morgan fingerprint density at radius 3 is 2.56 bits per heavy atom. The first-order valence-electron chi connectivity index (χ1n) is 5.34. The quantitative estimate of drug-likeness (QED) is 0.940. The average Bonchev–Trinajstić information content (AvgIpc) is 2.70. The van der Waals surface area contributed by atoms with Crippen molar-refractivity contribution in [2.45, 2.75) is 19.6 Å². The van der Waals surface area contributed by atoms with Gasteiger partial charge in [0.1, 0.15) is 6.26 Å². The molecule has 6 heteroatoms. The lowest BCUT2D eigenvalue weighted by Gasteiger charge is -2.08. The number of aliphatic hydroxyl groups is 1. The molecule has 0 amide bonds. The molecule has 0 aliphatic rings. The molecule has 96 valence electrons. The summed E-state index contributed by atoms with van der Waals surface area (Å²) in [5.41, 5.74) is 1.21. The lowest BCUT2D eigenvalue weighted by atomic mass is 10.1. The van der Waals surface area contributed by atoms with Crippen molar-refractivity contribution in [3.05, 3.63) is 56.3 Å². The van der Waals surface area contributed by atoms with Crippen LogP contribution in [0.4, 0.5) is 0 Å². The van der Waals surface area contributed by atoms with Crippen LogP contribution in [-0.2, 0) is 19.6 Å². The second-order valence-corrected chi connectivity index (χ2v) is 4.57. The van der Waals surface area contributed by atoms with Gasteiger partial charge >= 0.3 is 5.76 Å². The van der Waals surface area contributed by atoms with Gasteiger partial charge in [-0.15, -0.1) is 0 Å². The Kier molecular flexibility index (Phi) is 4.11. The molecule has 0 saturated heterocycles. The molecule has 0 radical (unpaired) electrons. The Morgan fingerprint density at radius 2 is 1.94 bits per heavy atom. The van der Waals surface area contributed by atoms with E-state index in [1.807, 2.05) is 0 Å². The first-order valence-corrected chi connectivity index (χ1v) is 6.10. The molecule has 0 fully saturated rings. The van der Waals surface area contributed by atoms with Crippen LogP contribution in [0.15, 0.2) is 33.7 Å². The molecule has 2 rings (SSSR count). The van der Waals surface area contributed by atoms with Crippen molar-refractivity contribution in [1.82, 2.24) is 4.57 Å². The molecule has 0 aliphatic carbocycles. The van der Waals surface area contributed by atoms with E-state index in [9.17, 15) is 4.79 Å². The Bertz CT molecular complexity index is 583. The normalized spacial score (nSPS) is 10.8. The minimum atomic E-state index is -0.498. The molecule has 0 unspecified atom stereocenters. The summed E-state index contributed by atoms with van der Waals surface area (Å²) < 4.78 is 6.08. The van der Waals surface area contributed by atoms with E-state index < -0.39 is 5.76 Å². The van der Waals surface area contributed by atoms with Crippen molar-refractivity contribution in [3.63, 3.8) is 0 Å². The van der Waals surface area contributed by atoms with E-state index in [-0.39, 0.29) is 6.61 Å². The molecular weight excluding hydrogens is 277 g/mol. The summed E-state index contributed by atoms with van der Waals surface area (Å²) in [4.78, 5) is 11.4. The van der Waals surface area contributed by atoms with Crippen LogP contribution < -0.4 is 5.76 Å². The lowest BCUT2D eigenvalue weighted by molar-refractivity contribution is 0.270. The Labute approximate surface area is 113 Å². The predicted octanol–water partition coefficient (Wildman–Crippen LogP) is 2.48. The fourth-order valence-electron chi connectivity index (χ4n) is 1.72. The van der Waals surface area contributed by atoms with E-state index in [1.165, 1.54) is 10.8 Å². The minimum absolute atomic E-state index is 0.248. The zero-order valence-corrected chi connectivity index (χ0v) is 10.9. The van der Waals surface area contributed by atoms with Gasteiger partial charge in [-0.3, -0.25) is 4.57 Å². The van der Waals surface area contributed by atoms with Crippen molar-refractivity contribution in [1.29, 1.82) is 0 Å². The standard InChI is InChI=1S/C12H11Cl2NO3/c13-10-2-1-3-11(14)9(10)4-5-15-8(6-16)7-18-12(15)17/h1-3,7,16H,4-6H2. The van der Waals surface area contributed by atoms with Gasteiger partial charge in [-0.1, -0.05) is 29.3 Å². The summed E-state index contributed by atoms with van der Waals surface area (Å²) in [5, 5.41) is 10.2. The molecule has 4 nitrogen and oxygen atoms in total. The first-order chi connectivity index (χ1) is 8.63. The van der Waals surface area contributed by atoms with Crippen molar-refractivity contribution in [3.8, 4) is 0 Å². The highest BCUT2D eigenvalue weighted by atomic mass is 35.5. The average molecular weight is 288 g/mol. The molecule has 1 aromatic carbocycles. The van der Waals surface area contributed by atoms with E-state index in [0.29, 0.717) is 28.7 Å². The molecule has 0 atom stereocenters. The van der Waals surface area contributed by atoms with Gasteiger partial charge in [-0.05, 0) is 24.1 Å². The molecular formula is C12H11Cl2NO3. The molecule has 0 aliphatic heterocycles. The third-order valence-electron chi connectivity index (χ3n) is 2.67. The molecule has 0 saturated carbocycles. The maximum absolute atomic E-state index is 11.4. The number of oxazole rings is 1. The van der Waals surface area contributed by atoms with E-state index >= 15 is 0 Å². The van der Waals surface area contributed by atoms with Crippen molar-refractivity contribution in [2.24, 2.45) is 0 Å². The number of rotatable bonds is 4. The zero-order chi connectivity index (χ0) is 13.1. The van der Waals surface area contributed by atoms with Gasteiger partial charge < -0.3 is 9.52 Å². The highest BCUT2D eigenvalue weighted by Gasteiger charge is 2.10. The number of halogens is 2. The smallest absolute Gasteiger partial charge is 0.416 e. The Morgan fingerprint density at radius 1 is 1.28 bits per heavy atom. The summed E-state index contributed by atoms with van der Waals surface area (Å²) >= 11 is 12.1. The van der Waals surface area contributed by atoms with Crippen LogP contribution in [0.1, 0.15) is 11.3 Å². The predicted molar refractivity (Wildman–Crippen MR) is 69.1 cm³/mol. The number of aliphatic hydroxyl groups excluding tert-OH is 1. The fraction of sp³-hybridized carbons (Fsp3) is 0.250. The Hall–Kier alpha value is -1.23. The summed E-state index contributed by atoms with van der Waals surface area (Å²) in [5.74, 6) is -0.498. The van der Waals surface area contributed by atoms with Crippen molar-refractivity contribution < 1.29 is 9.52 Å². The van der Waals surface area contributed by atoms with Crippen molar-refractivity contribution in [2.75, 3.05) is 0 Å². The maximum atomic E-state index is 11.4. The van der Waals surface area contributed by atoms with E-state index in [4.69, 9.17) is 32.7 Å². The number of aromatic nitrogens is 1. The van der Waals surface area contributed by atoms with E-state index in [2.05, 4.69) is 0 Å². The molecule has 1 heterocycles. The lowest BCUT2D eigenvalue weighted by Crippen LogP contribution is -2.18. The third-order valence-corrected chi connectivity index (χ3v) is 3.38. The third kappa shape index (κ3) is 2.61. The number of nitrogens with zero attached hydrogens (tertiary/aromatic N) is 1. The maximum Gasteiger partial charge on any atom is 0.419 e. The van der Waals surface area contributed by atoms with Crippen LogP contribution in [-0.4, -0.2) is 9.67 Å². The van der Waals surface area contributed by atoms with Gasteiger partial charge in [-0.25, -0.2) is 4.79 Å². The Balaban J connectivity index is 2.21. The van der Waals surface area contributed by atoms with Gasteiger partial charge in [-0.2, -0.15) is 0 Å². The van der Waals surface area contributed by atoms with E-state index in [0.717, 1.165) is 5.56 Å². The zero-order valence-electron chi connectivity index (χ0n) is 9.40. The van der Waals surface area contributed by atoms with E-state index in [1.54, 1.807) is 18.2 Å². The summed E-state index contributed by atoms with van der Waals surface area (Å²) in [6.07, 6.45) is 1.74. The van der Waals surface area contributed by atoms with Gasteiger partial charge in [0, 0.05) is 16.6 Å². The fourth-order valence-corrected chi connectivity index (χ4v) is 2.30. The number of hydrogen-bond acceptors (Lipinski definition) is 3. The molecule has 0 spiro atoms. The van der Waals surface area contributed by atoms with Crippen LogP contribution >= 0.6 is 23.2 Å². The van der Waals surface area contributed by atoms with Crippen LogP contribution in [0.3, 0.4) is 0 Å². The highest BCUT2D eigenvalue weighted by molar-refractivity contribution is 6.35. The van der Waals surface area contributed by atoms with Crippen LogP contribution in [0.2, 0.25) is 10.0 Å². The minimum Gasteiger partial charge on any atom is -0.416 e. The summed E-state index contributed by atoms with van der Waals surface area (Å²) in [6.45, 7) is 0.108. The van der Waals surface area contributed by atoms with Gasteiger partial charge in [0.25, 0.3) is 0 Å². The van der Waals surface area contributed by atoms with Gasteiger partial charge in [0.2, 0.25) is 0 Å². The van der Waals surface area contributed by atoms with Crippen LogP contribution in [0.25, 0.3) is 0 Å². The molecule has 2 aromatic rings. The first kappa shape index (κ1) is 13.2.